The Bertz CT molecular complexity index is 971. The molecule has 1 aliphatic heterocycles. The number of ether oxygens (including phenoxy) is 2. The van der Waals surface area contributed by atoms with Crippen LogP contribution in [-0.4, -0.2) is 28.0 Å². The van der Waals surface area contributed by atoms with Crippen LogP contribution in [0.15, 0.2) is 58.3 Å². The lowest BCUT2D eigenvalue weighted by molar-refractivity contribution is 0.324. The average Bonchev–Trinajstić information content (AvgIpc) is 2.59. The maximum absolute atomic E-state index is 12.4. The van der Waals surface area contributed by atoms with E-state index in [2.05, 4.69) is 38.9 Å². The number of para-hydroxylation sites is 1. The fourth-order valence-electron chi connectivity index (χ4n) is 2.38. The molecule has 0 fully saturated rings. The molecule has 1 aliphatic rings. The van der Waals surface area contributed by atoms with Crippen molar-refractivity contribution in [2.45, 2.75) is 4.90 Å². The van der Waals surface area contributed by atoms with Crippen molar-refractivity contribution in [2.75, 3.05) is 19.0 Å². The van der Waals surface area contributed by atoms with Gasteiger partial charge >= 0.3 is 0 Å². The zero-order valence-corrected chi connectivity index (χ0v) is 16.3. The monoisotopic (exact) mass is 470 g/mol. The summed E-state index contributed by atoms with van der Waals surface area (Å²) in [5.41, 5.74) is 1.08. The molecule has 0 saturated heterocycles. The fourth-order valence-corrected chi connectivity index (χ4v) is 4.27. The summed E-state index contributed by atoms with van der Waals surface area (Å²) >= 11 is 2.11. The first-order valence-electron chi connectivity index (χ1n) is 7.29. The number of fused-ring (bicyclic) bond motifs is 1. The van der Waals surface area contributed by atoms with Gasteiger partial charge in [0.25, 0.3) is 10.0 Å². The molecule has 25 heavy (non-hydrogen) atoms. The number of hydrogen-bond donors (Lipinski definition) is 1. The van der Waals surface area contributed by atoms with Crippen LogP contribution in [0.1, 0.15) is 5.56 Å². The van der Waals surface area contributed by atoms with E-state index in [-0.39, 0.29) is 10.7 Å². The molecule has 8 heteroatoms. The number of sulfonamides is 1. The van der Waals surface area contributed by atoms with E-state index >= 15 is 0 Å². The second kappa shape index (κ2) is 7.04. The molecule has 0 atom stereocenters. The number of amidine groups is 1. The Morgan fingerprint density at radius 3 is 2.80 bits per heavy atom. The number of rotatable bonds is 5. The van der Waals surface area contributed by atoms with Gasteiger partial charge in [-0.2, -0.15) is 8.42 Å². The minimum atomic E-state index is -3.76. The van der Waals surface area contributed by atoms with Crippen LogP contribution in [0.5, 0.6) is 11.5 Å². The Morgan fingerprint density at radius 2 is 2.08 bits per heavy atom. The van der Waals surface area contributed by atoms with Gasteiger partial charge in [0.2, 0.25) is 0 Å². The molecule has 2 aromatic carbocycles. The van der Waals surface area contributed by atoms with Crippen LogP contribution in [0.25, 0.3) is 0 Å². The molecule has 0 saturated carbocycles. The molecular weight excluding hydrogens is 455 g/mol. The van der Waals surface area contributed by atoms with Gasteiger partial charge < -0.3 is 14.8 Å². The molecule has 0 amide bonds. The quantitative estimate of drug-likeness (QED) is 0.536. The van der Waals surface area contributed by atoms with Gasteiger partial charge in [0.1, 0.15) is 11.5 Å². The minimum absolute atomic E-state index is 0.159. The van der Waals surface area contributed by atoms with E-state index < -0.39 is 10.0 Å². The van der Waals surface area contributed by atoms with E-state index in [0.29, 0.717) is 29.4 Å². The molecule has 0 bridgehead atoms. The Hall–Kier alpha value is -2.07. The van der Waals surface area contributed by atoms with Crippen molar-refractivity contribution in [3.8, 4) is 11.5 Å². The van der Waals surface area contributed by atoms with Crippen molar-refractivity contribution in [1.82, 2.24) is 0 Å². The van der Waals surface area contributed by atoms with Crippen LogP contribution in [0.3, 0.4) is 0 Å². The van der Waals surface area contributed by atoms with Gasteiger partial charge in [0.15, 0.2) is 17.3 Å². The molecule has 0 spiro atoms. The number of hydrogen-bond acceptors (Lipinski definition) is 5. The summed E-state index contributed by atoms with van der Waals surface area (Å²) in [4.78, 5) is 0.159. The zero-order valence-electron chi connectivity index (χ0n) is 13.3. The van der Waals surface area contributed by atoms with Crippen molar-refractivity contribution in [3.05, 3.63) is 58.2 Å². The number of methoxy groups -OCH3 is 1. The van der Waals surface area contributed by atoms with Crippen LogP contribution in [0.2, 0.25) is 0 Å². The van der Waals surface area contributed by atoms with Crippen LogP contribution >= 0.6 is 22.6 Å². The average molecular weight is 470 g/mol. The van der Waals surface area contributed by atoms with Crippen molar-refractivity contribution >= 4 is 44.1 Å². The van der Waals surface area contributed by atoms with Crippen molar-refractivity contribution in [3.63, 3.8) is 0 Å². The molecule has 1 N–H and O–H groups in total. The van der Waals surface area contributed by atoms with Crippen molar-refractivity contribution < 1.29 is 17.9 Å². The van der Waals surface area contributed by atoms with Gasteiger partial charge in [-0.15, -0.1) is 4.40 Å². The SMILES string of the molecule is C=CCOc1c(I)cc(C2=NS(=O)(=O)c3ccccc3N2)cc1OC. The lowest BCUT2D eigenvalue weighted by Crippen LogP contribution is -2.22. The van der Waals surface area contributed by atoms with E-state index in [1.165, 1.54) is 13.2 Å². The molecule has 0 unspecified atom stereocenters. The van der Waals surface area contributed by atoms with Crippen molar-refractivity contribution in [2.24, 2.45) is 4.40 Å². The second-order valence-corrected chi connectivity index (χ2v) is 7.86. The Kier molecular flexibility index (Phi) is 5.00. The summed E-state index contributed by atoms with van der Waals surface area (Å²) in [7, 11) is -2.23. The molecule has 0 radical (unpaired) electrons. The molecule has 6 nitrogen and oxygen atoms in total. The largest absolute Gasteiger partial charge is 0.493 e. The lowest BCUT2D eigenvalue weighted by atomic mass is 10.1. The van der Waals surface area contributed by atoms with E-state index in [1.54, 1.807) is 36.4 Å². The highest BCUT2D eigenvalue weighted by atomic mass is 127. The summed E-state index contributed by atoms with van der Waals surface area (Å²) in [5, 5.41) is 3.06. The molecule has 2 aromatic rings. The van der Waals surface area contributed by atoms with Crippen LogP contribution in [0, 0.1) is 3.57 Å². The van der Waals surface area contributed by atoms with E-state index in [9.17, 15) is 8.42 Å². The number of anilines is 1. The molecule has 1 heterocycles. The molecular formula is C17H15IN2O4S. The molecule has 3 rings (SSSR count). The number of nitrogens with one attached hydrogen (secondary N) is 1. The predicted octanol–water partition coefficient (Wildman–Crippen LogP) is 3.43. The second-order valence-electron chi connectivity index (χ2n) is 5.13. The fraction of sp³-hybridized carbons (Fsp3) is 0.118. The first-order chi connectivity index (χ1) is 12.0. The highest BCUT2D eigenvalue weighted by molar-refractivity contribution is 14.1. The Balaban J connectivity index is 2.07. The third-order valence-electron chi connectivity index (χ3n) is 3.48. The normalized spacial score (nSPS) is 14.7. The summed E-state index contributed by atoms with van der Waals surface area (Å²) in [6.45, 7) is 3.97. The van der Waals surface area contributed by atoms with E-state index in [1.807, 2.05) is 0 Å². The van der Waals surface area contributed by atoms with Crippen LogP contribution in [-0.2, 0) is 10.0 Å². The van der Waals surface area contributed by atoms with Gasteiger partial charge in [0, 0.05) is 5.56 Å². The highest BCUT2D eigenvalue weighted by Gasteiger charge is 2.26. The first kappa shape index (κ1) is 17.7. The summed E-state index contributed by atoms with van der Waals surface area (Å²) in [6, 6.07) is 10.1. The van der Waals surface area contributed by atoms with Gasteiger partial charge in [-0.25, -0.2) is 0 Å². The standard InChI is InChI=1S/C17H15IN2O4S/c1-3-8-24-16-12(18)9-11(10-14(16)23-2)17-19-13-6-4-5-7-15(13)25(21,22)20-17/h3-7,9-10H,1,8H2,2H3,(H,19,20). The highest BCUT2D eigenvalue weighted by Crippen LogP contribution is 2.35. The minimum Gasteiger partial charge on any atom is -0.493 e. The smallest absolute Gasteiger partial charge is 0.286 e. The van der Waals surface area contributed by atoms with Crippen LogP contribution < -0.4 is 14.8 Å². The summed E-state index contributed by atoms with van der Waals surface area (Å²) < 4.78 is 40.5. The van der Waals surface area contributed by atoms with E-state index in [4.69, 9.17) is 9.47 Å². The van der Waals surface area contributed by atoms with Gasteiger partial charge in [0.05, 0.1) is 16.4 Å². The summed E-state index contributed by atoms with van der Waals surface area (Å²) in [5.74, 6) is 1.31. The van der Waals surface area contributed by atoms with Gasteiger partial charge in [-0.3, -0.25) is 0 Å². The molecule has 0 aliphatic carbocycles. The maximum Gasteiger partial charge on any atom is 0.286 e. The lowest BCUT2D eigenvalue weighted by Gasteiger charge is -2.19. The maximum atomic E-state index is 12.4. The number of nitrogens with zero attached hydrogens (tertiary/aromatic N) is 1. The van der Waals surface area contributed by atoms with Crippen LogP contribution in [0.4, 0.5) is 5.69 Å². The third-order valence-corrected chi connectivity index (χ3v) is 5.61. The Labute approximate surface area is 159 Å². The van der Waals surface area contributed by atoms with Gasteiger partial charge in [-0.05, 0) is 46.9 Å². The summed E-state index contributed by atoms with van der Waals surface area (Å²) in [6.07, 6.45) is 1.64. The number of halogens is 1. The Morgan fingerprint density at radius 1 is 1.32 bits per heavy atom. The topological polar surface area (TPSA) is 77.0 Å². The molecule has 0 aromatic heterocycles. The zero-order chi connectivity index (χ0) is 18.0. The first-order valence-corrected chi connectivity index (χ1v) is 9.81. The van der Waals surface area contributed by atoms with Crippen molar-refractivity contribution in [1.29, 1.82) is 0 Å². The third kappa shape index (κ3) is 3.49. The predicted molar refractivity (Wildman–Crippen MR) is 105 cm³/mol. The molecule has 130 valence electrons. The van der Waals surface area contributed by atoms with Gasteiger partial charge in [-0.1, -0.05) is 24.8 Å². The number of benzene rings is 2. The van der Waals surface area contributed by atoms with E-state index in [0.717, 1.165) is 3.57 Å².